The lowest BCUT2D eigenvalue weighted by molar-refractivity contribution is -0.117. The molecule has 1 aromatic heterocycles. The Hall–Kier alpha value is -0.900. The zero-order chi connectivity index (χ0) is 13.1. The number of hydrogen-bond acceptors (Lipinski definition) is 2. The molecule has 1 N–H and O–H groups in total. The quantitative estimate of drug-likeness (QED) is 0.861. The first-order valence-electron chi connectivity index (χ1n) is 5.70. The molecule has 17 heavy (non-hydrogen) atoms. The number of rotatable bonds is 3. The maximum atomic E-state index is 11.8. The van der Waals surface area contributed by atoms with Crippen LogP contribution in [0.1, 0.15) is 34.1 Å². The Balaban J connectivity index is 2.53. The lowest BCUT2D eigenvalue weighted by Gasteiger charge is -2.26. The Bertz CT molecular complexity index is 381. The van der Waals surface area contributed by atoms with Crippen molar-refractivity contribution in [3.8, 4) is 0 Å². The number of pyridine rings is 1. The van der Waals surface area contributed by atoms with E-state index >= 15 is 0 Å². The molecule has 0 radical (unpaired) electrons. The highest BCUT2D eigenvalue weighted by molar-refractivity contribution is 9.10. The van der Waals surface area contributed by atoms with E-state index in [1.807, 2.05) is 12.1 Å². The molecule has 0 aliphatic heterocycles. The summed E-state index contributed by atoms with van der Waals surface area (Å²) in [7, 11) is 0. The Morgan fingerprint density at radius 1 is 1.47 bits per heavy atom. The number of nitrogens with one attached hydrogen (secondary N) is 1. The first kappa shape index (κ1) is 14.2. The minimum atomic E-state index is 0.0385. The van der Waals surface area contributed by atoms with Crippen molar-refractivity contribution in [2.45, 2.75) is 34.1 Å². The minimum Gasteiger partial charge on any atom is -0.325 e. The number of nitrogens with zero attached hydrogens (tertiary/aromatic N) is 1. The lowest BCUT2D eigenvalue weighted by Crippen LogP contribution is -2.23. The molecule has 0 spiro atoms. The first-order chi connectivity index (χ1) is 7.79. The highest BCUT2D eigenvalue weighted by Crippen LogP contribution is 2.28. The van der Waals surface area contributed by atoms with Crippen molar-refractivity contribution in [2.75, 3.05) is 5.32 Å². The van der Waals surface area contributed by atoms with Gasteiger partial charge in [-0.1, -0.05) is 27.7 Å². The minimum absolute atomic E-state index is 0.0385. The van der Waals surface area contributed by atoms with Crippen molar-refractivity contribution in [2.24, 2.45) is 11.3 Å². The van der Waals surface area contributed by atoms with Gasteiger partial charge in [-0.05, 0) is 39.4 Å². The van der Waals surface area contributed by atoms with Crippen LogP contribution >= 0.6 is 15.9 Å². The van der Waals surface area contributed by atoms with Crippen LogP contribution in [0.2, 0.25) is 0 Å². The fourth-order valence-corrected chi connectivity index (χ4v) is 1.48. The van der Waals surface area contributed by atoms with Gasteiger partial charge in [0.15, 0.2) is 0 Å². The molecule has 0 saturated carbocycles. The molecule has 0 aliphatic rings. The predicted molar refractivity (Wildman–Crippen MR) is 73.8 cm³/mol. The van der Waals surface area contributed by atoms with E-state index in [4.69, 9.17) is 0 Å². The molecule has 0 saturated heterocycles. The number of halogens is 1. The number of carbonyl (C=O) groups excluding carboxylic acids is 1. The molecule has 1 unspecified atom stereocenters. The van der Waals surface area contributed by atoms with Crippen molar-refractivity contribution in [3.05, 3.63) is 22.9 Å². The Kier molecular flexibility index (Phi) is 4.69. The predicted octanol–water partition coefficient (Wildman–Crippen LogP) is 3.85. The van der Waals surface area contributed by atoms with E-state index < -0.39 is 0 Å². The fraction of sp³-hybridized carbons (Fsp3) is 0.538. The molecule has 1 heterocycles. The van der Waals surface area contributed by atoms with Gasteiger partial charge < -0.3 is 5.32 Å². The number of hydrogen-bond donors (Lipinski definition) is 1. The van der Waals surface area contributed by atoms with E-state index in [-0.39, 0.29) is 11.3 Å². The van der Waals surface area contributed by atoms with Gasteiger partial charge in [-0.15, -0.1) is 0 Å². The molecule has 1 aromatic rings. The maximum Gasteiger partial charge on any atom is 0.224 e. The van der Waals surface area contributed by atoms with Gasteiger partial charge in [-0.2, -0.15) is 0 Å². The summed E-state index contributed by atoms with van der Waals surface area (Å²) in [6.45, 7) is 8.53. The topological polar surface area (TPSA) is 42.0 Å². The van der Waals surface area contributed by atoms with Gasteiger partial charge in [0, 0.05) is 6.42 Å². The third-order valence-corrected chi connectivity index (χ3v) is 3.45. The molecule has 4 heteroatoms. The van der Waals surface area contributed by atoms with Crippen LogP contribution in [0.15, 0.2) is 22.9 Å². The smallest absolute Gasteiger partial charge is 0.224 e. The van der Waals surface area contributed by atoms with E-state index in [0.717, 1.165) is 10.3 Å². The van der Waals surface area contributed by atoms with E-state index in [1.54, 1.807) is 6.20 Å². The number of amides is 1. The van der Waals surface area contributed by atoms with E-state index in [9.17, 15) is 4.79 Å². The highest BCUT2D eigenvalue weighted by Gasteiger charge is 2.22. The summed E-state index contributed by atoms with van der Waals surface area (Å²) in [6.07, 6.45) is 2.17. The van der Waals surface area contributed by atoms with Crippen molar-refractivity contribution in [3.63, 3.8) is 0 Å². The molecule has 0 aliphatic carbocycles. The van der Waals surface area contributed by atoms with Crippen LogP contribution < -0.4 is 5.32 Å². The SMILES string of the molecule is CC(CC(=O)Nc1ccc(Br)nc1)C(C)(C)C. The zero-order valence-corrected chi connectivity index (χ0v) is 12.3. The van der Waals surface area contributed by atoms with Gasteiger partial charge in [-0.3, -0.25) is 4.79 Å². The van der Waals surface area contributed by atoms with E-state index in [0.29, 0.717) is 12.3 Å². The van der Waals surface area contributed by atoms with Crippen molar-refractivity contribution >= 4 is 27.5 Å². The summed E-state index contributed by atoms with van der Waals surface area (Å²) in [4.78, 5) is 15.9. The van der Waals surface area contributed by atoms with Crippen LogP contribution in [-0.2, 0) is 4.79 Å². The van der Waals surface area contributed by atoms with Gasteiger partial charge in [0.25, 0.3) is 0 Å². The molecule has 3 nitrogen and oxygen atoms in total. The van der Waals surface area contributed by atoms with Gasteiger partial charge in [-0.25, -0.2) is 4.98 Å². The average molecular weight is 299 g/mol. The van der Waals surface area contributed by atoms with Crippen LogP contribution in [0.25, 0.3) is 0 Å². The van der Waals surface area contributed by atoms with E-state index in [2.05, 4.69) is 53.9 Å². The van der Waals surface area contributed by atoms with Crippen molar-refractivity contribution < 1.29 is 4.79 Å². The Morgan fingerprint density at radius 2 is 2.12 bits per heavy atom. The van der Waals surface area contributed by atoms with Gasteiger partial charge in [0.05, 0.1) is 11.9 Å². The lowest BCUT2D eigenvalue weighted by atomic mass is 9.80. The monoisotopic (exact) mass is 298 g/mol. The molecule has 0 bridgehead atoms. The number of aromatic nitrogens is 1. The van der Waals surface area contributed by atoms with Crippen LogP contribution in [0.4, 0.5) is 5.69 Å². The van der Waals surface area contributed by atoms with Crippen LogP contribution in [0.3, 0.4) is 0 Å². The second-order valence-corrected chi connectivity index (χ2v) is 6.20. The normalized spacial score (nSPS) is 13.2. The molecular weight excluding hydrogens is 280 g/mol. The van der Waals surface area contributed by atoms with Crippen LogP contribution in [0.5, 0.6) is 0 Å². The van der Waals surface area contributed by atoms with Crippen molar-refractivity contribution in [1.29, 1.82) is 0 Å². The fourth-order valence-electron chi connectivity index (χ4n) is 1.25. The first-order valence-corrected chi connectivity index (χ1v) is 6.50. The zero-order valence-electron chi connectivity index (χ0n) is 10.7. The largest absolute Gasteiger partial charge is 0.325 e. The average Bonchev–Trinajstić information content (AvgIpc) is 2.20. The number of carbonyl (C=O) groups is 1. The second kappa shape index (κ2) is 5.63. The maximum absolute atomic E-state index is 11.8. The van der Waals surface area contributed by atoms with Gasteiger partial charge in [0.1, 0.15) is 4.60 Å². The Morgan fingerprint density at radius 3 is 2.59 bits per heavy atom. The molecule has 1 rings (SSSR count). The van der Waals surface area contributed by atoms with Gasteiger partial charge >= 0.3 is 0 Å². The summed E-state index contributed by atoms with van der Waals surface area (Å²) >= 11 is 3.25. The molecule has 0 aromatic carbocycles. The standard InChI is InChI=1S/C13H19BrN2O/c1-9(13(2,3)4)7-12(17)16-10-5-6-11(14)15-8-10/h5-6,8-9H,7H2,1-4H3,(H,16,17). The van der Waals surface area contributed by atoms with Gasteiger partial charge in [0.2, 0.25) is 5.91 Å². The van der Waals surface area contributed by atoms with Crippen LogP contribution in [-0.4, -0.2) is 10.9 Å². The molecule has 94 valence electrons. The van der Waals surface area contributed by atoms with Crippen LogP contribution in [0, 0.1) is 11.3 Å². The van der Waals surface area contributed by atoms with Crippen molar-refractivity contribution in [1.82, 2.24) is 4.98 Å². The second-order valence-electron chi connectivity index (χ2n) is 5.39. The summed E-state index contributed by atoms with van der Waals surface area (Å²) in [5.74, 6) is 0.377. The summed E-state index contributed by atoms with van der Waals surface area (Å²) < 4.78 is 0.763. The number of anilines is 1. The molecule has 0 fully saturated rings. The summed E-state index contributed by atoms with van der Waals surface area (Å²) in [6, 6.07) is 3.64. The van der Waals surface area contributed by atoms with E-state index in [1.165, 1.54) is 0 Å². The Labute approximate surface area is 111 Å². The third-order valence-electron chi connectivity index (χ3n) is 2.98. The summed E-state index contributed by atoms with van der Waals surface area (Å²) in [5, 5.41) is 2.85. The highest BCUT2D eigenvalue weighted by atomic mass is 79.9. The molecule has 1 amide bonds. The third kappa shape index (κ3) is 4.86. The molecule has 1 atom stereocenters. The summed E-state index contributed by atoms with van der Waals surface area (Å²) in [5.41, 5.74) is 0.884. The molecular formula is C13H19BrN2O.